The number of carbonyl (C=O) groups is 2. The Hall–Kier alpha value is -3.09. The van der Waals surface area contributed by atoms with Gasteiger partial charge in [0.1, 0.15) is 17.3 Å². The molecule has 1 saturated heterocycles. The average molecular weight is 414 g/mol. The van der Waals surface area contributed by atoms with Gasteiger partial charge < -0.3 is 20.1 Å². The zero-order valence-electron chi connectivity index (χ0n) is 17.3. The summed E-state index contributed by atoms with van der Waals surface area (Å²) in [4.78, 5) is 24.4. The van der Waals surface area contributed by atoms with Crippen LogP contribution in [0, 0.1) is 5.82 Å². The molecule has 2 aromatic carbocycles. The highest BCUT2D eigenvalue weighted by atomic mass is 19.1. The first kappa shape index (κ1) is 21.6. The zero-order chi connectivity index (χ0) is 21.6. The van der Waals surface area contributed by atoms with Crippen LogP contribution in [0.25, 0.3) is 0 Å². The third-order valence-corrected chi connectivity index (χ3v) is 5.49. The smallest absolute Gasteiger partial charge is 0.220 e. The number of amides is 2. The molecule has 2 amide bonds. The molecule has 1 aliphatic rings. The standard InChI is InChI=1S/C23H27FN2O4/c1-29-19-7-8-20(30-2)17(13-19)15-25-21(27)9-11-23(12-10-22(28)26-23)14-16-3-5-18(24)6-4-16/h3-8,13H,9-12,14-15H2,1-2H3,(H,25,27)(H,26,28)/t23-/m0/s1. The van der Waals surface area contributed by atoms with Crippen molar-refractivity contribution in [3.63, 3.8) is 0 Å². The van der Waals surface area contributed by atoms with Crippen molar-refractivity contribution >= 4 is 11.8 Å². The number of rotatable bonds is 9. The molecule has 1 aliphatic heterocycles. The lowest BCUT2D eigenvalue weighted by Gasteiger charge is -2.29. The van der Waals surface area contributed by atoms with E-state index in [0.717, 1.165) is 11.1 Å². The molecular formula is C23H27FN2O4. The van der Waals surface area contributed by atoms with Crippen LogP contribution in [-0.4, -0.2) is 31.6 Å². The summed E-state index contributed by atoms with van der Waals surface area (Å²) < 4.78 is 23.8. The molecule has 0 radical (unpaired) electrons. The molecule has 0 spiro atoms. The fourth-order valence-corrected chi connectivity index (χ4v) is 3.83. The predicted octanol–water partition coefficient (Wildman–Crippen LogP) is 3.13. The Balaban J connectivity index is 1.60. The van der Waals surface area contributed by atoms with E-state index in [4.69, 9.17) is 9.47 Å². The Morgan fingerprint density at radius 3 is 2.57 bits per heavy atom. The molecule has 0 saturated carbocycles. The number of benzene rings is 2. The van der Waals surface area contributed by atoms with E-state index in [9.17, 15) is 14.0 Å². The highest BCUT2D eigenvalue weighted by molar-refractivity contribution is 5.80. The van der Waals surface area contributed by atoms with Crippen LogP contribution in [0.15, 0.2) is 42.5 Å². The highest BCUT2D eigenvalue weighted by Crippen LogP contribution is 2.30. The van der Waals surface area contributed by atoms with Crippen molar-refractivity contribution < 1.29 is 23.5 Å². The van der Waals surface area contributed by atoms with Crippen LogP contribution in [0.2, 0.25) is 0 Å². The third-order valence-electron chi connectivity index (χ3n) is 5.49. The van der Waals surface area contributed by atoms with Gasteiger partial charge in [0.25, 0.3) is 0 Å². The maximum Gasteiger partial charge on any atom is 0.220 e. The summed E-state index contributed by atoms with van der Waals surface area (Å²) in [6.45, 7) is 0.316. The van der Waals surface area contributed by atoms with Crippen LogP contribution in [-0.2, 0) is 22.6 Å². The van der Waals surface area contributed by atoms with Crippen molar-refractivity contribution in [1.82, 2.24) is 10.6 Å². The molecule has 0 bridgehead atoms. The fourth-order valence-electron chi connectivity index (χ4n) is 3.83. The summed E-state index contributed by atoms with van der Waals surface area (Å²) in [7, 11) is 3.16. The molecule has 2 N–H and O–H groups in total. The molecule has 1 heterocycles. The van der Waals surface area contributed by atoms with Crippen LogP contribution in [0.4, 0.5) is 4.39 Å². The Morgan fingerprint density at radius 2 is 1.93 bits per heavy atom. The van der Waals surface area contributed by atoms with Crippen LogP contribution < -0.4 is 20.1 Å². The van der Waals surface area contributed by atoms with Crippen molar-refractivity contribution in [3.05, 3.63) is 59.4 Å². The lowest BCUT2D eigenvalue weighted by molar-refractivity contribution is -0.122. The van der Waals surface area contributed by atoms with Crippen molar-refractivity contribution in [2.45, 2.75) is 44.2 Å². The van der Waals surface area contributed by atoms with Crippen molar-refractivity contribution in [2.75, 3.05) is 14.2 Å². The van der Waals surface area contributed by atoms with Gasteiger partial charge in [-0.25, -0.2) is 4.39 Å². The van der Waals surface area contributed by atoms with Gasteiger partial charge in [0.05, 0.1) is 14.2 Å². The van der Waals surface area contributed by atoms with Gasteiger partial charge in [-0.15, -0.1) is 0 Å². The predicted molar refractivity (Wildman–Crippen MR) is 111 cm³/mol. The summed E-state index contributed by atoms with van der Waals surface area (Å²) in [5.41, 5.74) is 1.26. The zero-order valence-corrected chi connectivity index (χ0v) is 17.3. The molecule has 30 heavy (non-hydrogen) atoms. The average Bonchev–Trinajstić information content (AvgIpc) is 3.12. The maximum atomic E-state index is 13.2. The summed E-state index contributed by atoms with van der Waals surface area (Å²) in [6, 6.07) is 11.7. The van der Waals surface area contributed by atoms with Gasteiger partial charge >= 0.3 is 0 Å². The van der Waals surface area contributed by atoms with E-state index in [0.29, 0.717) is 43.7 Å². The van der Waals surface area contributed by atoms with Gasteiger partial charge in [-0.2, -0.15) is 0 Å². The van der Waals surface area contributed by atoms with Gasteiger partial charge in [-0.3, -0.25) is 9.59 Å². The molecule has 0 unspecified atom stereocenters. The van der Waals surface area contributed by atoms with Crippen LogP contribution in [0.1, 0.15) is 36.8 Å². The molecule has 1 atom stereocenters. The minimum atomic E-state index is -0.486. The van der Waals surface area contributed by atoms with Gasteiger partial charge in [-0.1, -0.05) is 12.1 Å². The topological polar surface area (TPSA) is 76.7 Å². The Labute approximate surface area is 175 Å². The Bertz CT molecular complexity index is 901. The Kier molecular flexibility index (Phi) is 6.92. The molecule has 1 fully saturated rings. The van der Waals surface area contributed by atoms with Crippen molar-refractivity contribution in [3.8, 4) is 11.5 Å². The molecule has 160 valence electrons. The van der Waals surface area contributed by atoms with Crippen LogP contribution >= 0.6 is 0 Å². The number of hydrogen-bond donors (Lipinski definition) is 2. The number of methoxy groups -OCH3 is 2. The first-order valence-electron chi connectivity index (χ1n) is 9.96. The molecular weight excluding hydrogens is 387 g/mol. The first-order chi connectivity index (χ1) is 14.4. The summed E-state index contributed by atoms with van der Waals surface area (Å²) in [6.07, 6.45) is 2.44. The van der Waals surface area contributed by atoms with E-state index in [1.165, 1.54) is 12.1 Å². The van der Waals surface area contributed by atoms with Crippen molar-refractivity contribution in [1.29, 1.82) is 0 Å². The summed E-state index contributed by atoms with van der Waals surface area (Å²) in [5.74, 6) is 0.938. The number of carbonyl (C=O) groups excluding carboxylic acids is 2. The lowest BCUT2D eigenvalue weighted by Crippen LogP contribution is -2.44. The largest absolute Gasteiger partial charge is 0.497 e. The fraction of sp³-hybridized carbons (Fsp3) is 0.391. The minimum absolute atomic E-state index is 0.0152. The van der Waals surface area contributed by atoms with Crippen molar-refractivity contribution in [2.24, 2.45) is 0 Å². The highest BCUT2D eigenvalue weighted by Gasteiger charge is 2.37. The molecule has 0 aromatic heterocycles. The van der Waals surface area contributed by atoms with Gasteiger partial charge in [-0.05, 0) is 55.2 Å². The molecule has 2 aromatic rings. The normalized spacial score (nSPS) is 18.0. The number of ether oxygens (including phenoxy) is 2. The molecule has 7 heteroatoms. The first-order valence-corrected chi connectivity index (χ1v) is 9.96. The number of halogens is 1. The van der Waals surface area contributed by atoms with Gasteiger partial charge in [0.15, 0.2) is 0 Å². The summed E-state index contributed by atoms with van der Waals surface area (Å²) in [5, 5.41) is 5.96. The maximum absolute atomic E-state index is 13.2. The van der Waals surface area contributed by atoms with E-state index < -0.39 is 5.54 Å². The molecule has 3 rings (SSSR count). The van der Waals surface area contributed by atoms with E-state index in [2.05, 4.69) is 10.6 Å². The minimum Gasteiger partial charge on any atom is -0.497 e. The number of nitrogens with one attached hydrogen (secondary N) is 2. The van der Waals surface area contributed by atoms with E-state index >= 15 is 0 Å². The van der Waals surface area contributed by atoms with E-state index in [1.807, 2.05) is 6.07 Å². The summed E-state index contributed by atoms with van der Waals surface area (Å²) >= 11 is 0. The monoisotopic (exact) mass is 414 g/mol. The second-order valence-electron chi connectivity index (χ2n) is 7.59. The van der Waals surface area contributed by atoms with Gasteiger partial charge in [0.2, 0.25) is 11.8 Å². The lowest BCUT2D eigenvalue weighted by atomic mass is 9.85. The van der Waals surface area contributed by atoms with Crippen LogP contribution in [0.5, 0.6) is 11.5 Å². The molecule has 6 nitrogen and oxygen atoms in total. The second kappa shape index (κ2) is 9.61. The molecule has 0 aliphatic carbocycles. The SMILES string of the molecule is COc1ccc(OC)c(CNC(=O)CC[C@@]2(Cc3ccc(F)cc3)CCC(=O)N2)c1. The number of hydrogen-bond acceptors (Lipinski definition) is 4. The van der Waals surface area contributed by atoms with E-state index in [-0.39, 0.29) is 24.1 Å². The second-order valence-corrected chi connectivity index (χ2v) is 7.59. The van der Waals surface area contributed by atoms with Gasteiger partial charge in [0, 0.05) is 30.5 Å². The van der Waals surface area contributed by atoms with E-state index in [1.54, 1.807) is 38.5 Å². The third kappa shape index (κ3) is 5.49. The Morgan fingerprint density at radius 1 is 1.17 bits per heavy atom. The van der Waals surface area contributed by atoms with Crippen LogP contribution in [0.3, 0.4) is 0 Å². The quantitative estimate of drug-likeness (QED) is 0.661.